The van der Waals surface area contributed by atoms with Crippen molar-refractivity contribution in [3.05, 3.63) is 75.8 Å². The molecule has 7 nitrogen and oxygen atoms in total. The highest BCUT2D eigenvalue weighted by Gasteiger charge is 2.15. The molecule has 0 aliphatic carbocycles. The summed E-state index contributed by atoms with van der Waals surface area (Å²) < 4.78 is 5.09. The number of hydrogen-bond donors (Lipinski definition) is 1. The predicted octanol–water partition coefficient (Wildman–Crippen LogP) is 3.15. The molecule has 0 bridgehead atoms. The lowest BCUT2D eigenvalue weighted by Crippen LogP contribution is -2.29. The van der Waals surface area contributed by atoms with Crippen LogP contribution < -0.4 is 5.32 Å². The van der Waals surface area contributed by atoms with E-state index in [0.717, 1.165) is 11.8 Å². The molecule has 0 fully saturated rings. The molecule has 2 aromatic rings. The van der Waals surface area contributed by atoms with Gasteiger partial charge in [0.25, 0.3) is 5.69 Å². The molecular formula is C17H16N2O5. The first kappa shape index (κ1) is 17.1. The lowest BCUT2D eigenvalue weighted by molar-refractivity contribution is -0.384. The lowest BCUT2D eigenvalue weighted by Gasteiger charge is -2.16. The van der Waals surface area contributed by atoms with Gasteiger partial charge in [0.1, 0.15) is 12.9 Å². The molecule has 1 unspecified atom stereocenters. The standard InChI is InChI=1S/C17H16N2O5/c20-11-10-16(14-4-2-1-3-5-14)18-17(21)24-12-13-6-8-15(9-7-13)19(22)23/h1-9,11,16H,10,12H2,(H,18,21). The molecule has 7 heteroatoms. The van der Waals surface area contributed by atoms with Crippen LogP contribution in [-0.2, 0) is 16.1 Å². The van der Waals surface area contributed by atoms with Crippen molar-refractivity contribution in [2.75, 3.05) is 0 Å². The largest absolute Gasteiger partial charge is 0.445 e. The zero-order valence-corrected chi connectivity index (χ0v) is 12.8. The number of aldehydes is 1. The number of ether oxygens (including phenoxy) is 1. The quantitative estimate of drug-likeness (QED) is 0.478. The Bertz CT molecular complexity index is 701. The third-order valence-corrected chi connectivity index (χ3v) is 3.34. The zero-order valence-electron chi connectivity index (χ0n) is 12.8. The smallest absolute Gasteiger partial charge is 0.407 e. The Morgan fingerprint density at radius 2 is 1.83 bits per heavy atom. The average molecular weight is 328 g/mol. The van der Waals surface area contributed by atoms with Gasteiger partial charge in [0.2, 0.25) is 0 Å². The van der Waals surface area contributed by atoms with Gasteiger partial charge >= 0.3 is 6.09 Å². The van der Waals surface area contributed by atoms with E-state index in [9.17, 15) is 19.7 Å². The summed E-state index contributed by atoms with van der Waals surface area (Å²) in [5, 5.41) is 13.2. The third kappa shape index (κ3) is 4.91. The molecule has 2 aromatic carbocycles. The van der Waals surface area contributed by atoms with E-state index >= 15 is 0 Å². The van der Waals surface area contributed by atoms with Crippen molar-refractivity contribution in [2.45, 2.75) is 19.1 Å². The molecule has 0 heterocycles. The summed E-state index contributed by atoms with van der Waals surface area (Å²) in [7, 11) is 0. The predicted molar refractivity (Wildman–Crippen MR) is 86.3 cm³/mol. The van der Waals surface area contributed by atoms with E-state index in [-0.39, 0.29) is 18.7 Å². The molecule has 0 aliphatic rings. The molecular weight excluding hydrogens is 312 g/mol. The number of hydrogen-bond acceptors (Lipinski definition) is 5. The Balaban J connectivity index is 1.91. The van der Waals surface area contributed by atoms with Gasteiger partial charge in [-0.05, 0) is 23.3 Å². The molecule has 1 amide bonds. The summed E-state index contributed by atoms with van der Waals surface area (Å²) in [4.78, 5) is 32.8. The Labute approximate surface area is 138 Å². The Morgan fingerprint density at radius 1 is 1.17 bits per heavy atom. The van der Waals surface area contributed by atoms with Crippen LogP contribution in [0.25, 0.3) is 0 Å². The van der Waals surface area contributed by atoms with Crippen molar-refractivity contribution in [1.82, 2.24) is 5.32 Å². The highest BCUT2D eigenvalue weighted by atomic mass is 16.6. The molecule has 0 aliphatic heterocycles. The van der Waals surface area contributed by atoms with E-state index in [1.165, 1.54) is 24.3 Å². The molecule has 1 atom stereocenters. The Kier molecular flexibility index (Phi) is 6.01. The van der Waals surface area contributed by atoms with Crippen molar-refractivity contribution in [1.29, 1.82) is 0 Å². The topological polar surface area (TPSA) is 98.5 Å². The second-order valence-electron chi connectivity index (χ2n) is 5.01. The number of non-ortho nitro benzene ring substituents is 1. The van der Waals surface area contributed by atoms with Gasteiger partial charge in [-0.1, -0.05) is 30.3 Å². The zero-order chi connectivity index (χ0) is 17.4. The monoisotopic (exact) mass is 328 g/mol. The number of nitrogens with zero attached hydrogens (tertiary/aromatic N) is 1. The minimum Gasteiger partial charge on any atom is -0.445 e. The number of rotatable bonds is 7. The number of carbonyl (C=O) groups is 2. The van der Waals surface area contributed by atoms with Crippen molar-refractivity contribution < 1.29 is 19.2 Å². The van der Waals surface area contributed by atoms with Gasteiger partial charge in [0.15, 0.2) is 0 Å². The fraction of sp³-hybridized carbons (Fsp3) is 0.176. The summed E-state index contributed by atoms with van der Waals surface area (Å²) in [5.74, 6) is 0. The van der Waals surface area contributed by atoms with Gasteiger partial charge in [0, 0.05) is 18.6 Å². The highest BCUT2D eigenvalue weighted by Crippen LogP contribution is 2.16. The van der Waals surface area contributed by atoms with Gasteiger partial charge in [-0.25, -0.2) is 4.79 Å². The first-order chi connectivity index (χ1) is 11.6. The second-order valence-corrected chi connectivity index (χ2v) is 5.01. The fourth-order valence-corrected chi connectivity index (χ4v) is 2.11. The molecule has 2 rings (SSSR count). The summed E-state index contributed by atoms with van der Waals surface area (Å²) >= 11 is 0. The second kappa shape index (κ2) is 8.42. The summed E-state index contributed by atoms with van der Waals surface area (Å²) in [6.45, 7) is -0.0214. The maximum Gasteiger partial charge on any atom is 0.407 e. The molecule has 1 N–H and O–H groups in total. The third-order valence-electron chi connectivity index (χ3n) is 3.34. The van der Waals surface area contributed by atoms with Crippen LogP contribution in [0, 0.1) is 10.1 Å². The average Bonchev–Trinajstić information content (AvgIpc) is 2.60. The number of carbonyl (C=O) groups excluding carboxylic acids is 2. The molecule has 0 saturated carbocycles. The van der Waals surface area contributed by atoms with Crippen LogP contribution in [0.2, 0.25) is 0 Å². The molecule has 0 saturated heterocycles. The van der Waals surface area contributed by atoms with Gasteiger partial charge in [-0.2, -0.15) is 0 Å². The number of amides is 1. The molecule has 0 spiro atoms. The fourth-order valence-electron chi connectivity index (χ4n) is 2.11. The van der Waals surface area contributed by atoms with Gasteiger partial charge in [-0.15, -0.1) is 0 Å². The van der Waals surface area contributed by atoms with E-state index in [2.05, 4.69) is 5.32 Å². The van der Waals surface area contributed by atoms with E-state index in [1.54, 1.807) is 0 Å². The van der Waals surface area contributed by atoms with E-state index in [1.807, 2.05) is 30.3 Å². The van der Waals surface area contributed by atoms with Gasteiger partial charge < -0.3 is 14.8 Å². The first-order valence-electron chi connectivity index (χ1n) is 7.25. The Hall–Kier alpha value is -3.22. The number of nitro benzene ring substituents is 1. The van der Waals surface area contributed by atoms with Crippen molar-refractivity contribution in [3.8, 4) is 0 Å². The lowest BCUT2D eigenvalue weighted by atomic mass is 10.1. The number of benzene rings is 2. The molecule has 124 valence electrons. The Morgan fingerprint density at radius 3 is 2.42 bits per heavy atom. The van der Waals surface area contributed by atoms with Crippen molar-refractivity contribution in [3.63, 3.8) is 0 Å². The maximum atomic E-state index is 11.9. The van der Waals surface area contributed by atoms with Crippen LogP contribution in [0.5, 0.6) is 0 Å². The van der Waals surface area contributed by atoms with Crippen LogP contribution >= 0.6 is 0 Å². The van der Waals surface area contributed by atoms with Crippen LogP contribution in [0.3, 0.4) is 0 Å². The normalized spacial score (nSPS) is 11.3. The maximum absolute atomic E-state index is 11.9. The summed E-state index contributed by atoms with van der Waals surface area (Å²) in [6.07, 6.45) is 0.203. The number of nitro groups is 1. The van der Waals surface area contributed by atoms with Crippen LogP contribution in [0.4, 0.5) is 10.5 Å². The van der Waals surface area contributed by atoms with Crippen LogP contribution in [0.1, 0.15) is 23.6 Å². The van der Waals surface area contributed by atoms with Crippen molar-refractivity contribution in [2.24, 2.45) is 0 Å². The van der Waals surface area contributed by atoms with E-state index < -0.39 is 17.1 Å². The number of alkyl carbamates (subject to hydrolysis) is 1. The minimum atomic E-state index is -0.663. The first-order valence-corrected chi connectivity index (χ1v) is 7.25. The van der Waals surface area contributed by atoms with Crippen LogP contribution in [0.15, 0.2) is 54.6 Å². The molecule has 0 radical (unpaired) electrons. The van der Waals surface area contributed by atoms with Crippen LogP contribution in [-0.4, -0.2) is 17.3 Å². The van der Waals surface area contributed by atoms with E-state index in [4.69, 9.17) is 4.74 Å². The molecule has 0 aromatic heterocycles. The highest BCUT2D eigenvalue weighted by molar-refractivity contribution is 5.68. The van der Waals surface area contributed by atoms with Crippen molar-refractivity contribution >= 4 is 18.1 Å². The molecule has 24 heavy (non-hydrogen) atoms. The van der Waals surface area contributed by atoms with E-state index in [0.29, 0.717) is 5.56 Å². The SMILES string of the molecule is O=CCC(NC(=O)OCc1ccc([N+](=O)[O-])cc1)c1ccccc1. The summed E-state index contributed by atoms with van der Waals surface area (Å²) in [6, 6.07) is 14.4. The van der Waals surface area contributed by atoms with Gasteiger partial charge in [0.05, 0.1) is 11.0 Å². The number of nitrogens with one attached hydrogen (secondary N) is 1. The minimum absolute atomic E-state index is 0.0214. The van der Waals surface area contributed by atoms with Gasteiger partial charge in [-0.3, -0.25) is 10.1 Å². The summed E-state index contributed by atoms with van der Waals surface area (Å²) in [5.41, 5.74) is 1.40.